The molecule has 0 heterocycles. The molecule has 1 aliphatic carbocycles. The second-order valence-electron chi connectivity index (χ2n) is 3.61. The highest BCUT2D eigenvalue weighted by Crippen LogP contribution is 2.23. The van der Waals surface area contributed by atoms with E-state index in [0.717, 1.165) is 29.7 Å². The maximum atomic E-state index is 11.4. The predicted octanol–water partition coefficient (Wildman–Crippen LogP) is 2.41. The molecular weight excluding hydrogens is 174 g/mol. The van der Waals surface area contributed by atoms with E-state index >= 15 is 0 Å². The lowest BCUT2D eigenvalue weighted by Gasteiger charge is -1.97. The zero-order valence-electron chi connectivity index (χ0n) is 7.99. The lowest BCUT2D eigenvalue weighted by atomic mass is 10.1. The first-order chi connectivity index (χ1) is 6.75. The molecule has 2 N–H and O–H groups in total. The van der Waals surface area contributed by atoms with Crippen LogP contribution in [0.15, 0.2) is 29.8 Å². The number of nitrogen functional groups attached to an aromatic ring is 1. The molecule has 1 aliphatic rings. The summed E-state index contributed by atoms with van der Waals surface area (Å²) in [7, 11) is 0. The summed E-state index contributed by atoms with van der Waals surface area (Å²) >= 11 is 0. The molecule has 0 spiro atoms. The van der Waals surface area contributed by atoms with Crippen LogP contribution in [0.25, 0.3) is 6.08 Å². The zero-order valence-corrected chi connectivity index (χ0v) is 7.99. The van der Waals surface area contributed by atoms with Crippen LogP contribution in [0.2, 0.25) is 0 Å². The summed E-state index contributed by atoms with van der Waals surface area (Å²) in [4.78, 5) is 11.4. The molecule has 0 aliphatic heterocycles. The first-order valence-corrected chi connectivity index (χ1v) is 4.85. The van der Waals surface area contributed by atoms with Crippen LogP contribution in [0.3, 0.4) is 0 Å². The summed E-state index contributed by atoms with van der Waals surface area (Å²) in [5.74, 6) is 0.293. The molecule has 2 nitrogen and oxygen atoms in total. The quantitative estimate of drug-likeness (QED) is 0.542. The molecular formula is C12H13NO. The van der Waals surface area contributed by atoms with Gasteiger partial charge in [-0.2, -0.15) is 0 Å². The van der Waals surface area contributed by atoms with Crippen LogP contribution in [0.5, 0.6) is 0 Å². The van der Waals surface area contributed by atoms with Gasteiger partial charge < -0.3 is 5.73 Å². The van der Waals surface area contributed by atoms with Crippen LogP contribution in [0.4, 0.5) is 5.69 Å². The smallest absolute Gasteiger partial charge is 0.158 e. The van der Waals surface area contributed by atoms with Crippen LogP contribution >= 0.6 is 0 Å². The molecule has 1 aromatic carbocycles. The zero-order chi connectivity index (χ0) is 9.97. The fourth-order valence-corrected chi connectivity index (χ4v) is 1.69. The van der Waals surface area contributed by atoms with Crippen LogP contribution in [-0.4, -0.2) is 5.78 Å². The number of anilines is 1. The van der Waals surface area contributed by atoms with E-state index in [4.69, 9.17) is 5.73 Å². The van der Waals surface area contributed by atoms with Gasteiger partial charge in [-0.3, -0.25) is 4.79 Å². The summed E-state index contributed by atoms with van der Waals surface area (Å²) in [6, 6.07) is 7.58. The fourth-order valence-electron chi connectivity index (χ4n) is 1.69. The third-order valence-corrected chi connectivity index (χ3v) is 2.49. The summed E-state index contributed by atoms with van der Waals surface area (Å²) < 4.78 is 0. The maximum Gasteiger partial charge on any atom is 0.158 e. The van der Waals surface area contributed by atoms with Gasteiger partial charge in [-0.25, -0.2) is 0 Å². The highest BCUT2D eigenvalue weighted by Gasteiger charge is 2.16. The number of carbonyl (C=O) groups excluding carboxylic acids is 1. The summed E-state index contributed by atoms with van der Waals surface area (Å²) in [6.07, 6.45) is 4.60. The number of allylic oxidation sites excluding steroid dienone is 1. The fraction of sp³-hybridized carbons (Fsp3) is 0.250. The number of Topliss-reactive ketones (excluding diaryl/α,β-unsaturated/α-hetero) is 1. The van der Waals surface area contributed by atoms with Gasteiger partial charge in [0.05, 0.1) is 0 Å². The van der Waals surface area contributed by atoms with E-state index in [1.54, 1.807) is 0 Å². The Hall–Kier alpha value is -1.57. The number of hydrogen-bond acceptors (Lipinski definition) is 2. The minimum absolute atomic E-state index is 0.293. The largest absolute Gasteiger partial charge is 0.399 e. The monoisotopic (exact) mass is 187 g/mol. The molecule has 0 bridgehead atoms. The molecule has 0 amide bonds. The second-order valence-corrected chi connectivity index (χ2v) is 3.61. The van der Waals surface area contributed by atoms with E-state index in [1.807, 2.05) is 30.3 Å². The Morgan fingerprint density at radius 3 is 2.43 bits per heavy atom. The van der Waals surface area contributed by atoms with Crippen molar-refractivity contribution < 1.29 is 4.79 Å². The van der Waals surface area contributed by atoms with Crippen molar-refractivity contribution in [1.29, 1.82) is 0 Å². The highest BCUT2D eigenvalue weighted by molar-refractivity contribution is 6.01. The van der Waals surface area contributed by atoms with Gasteiger partial charge in [0.2, 0.25) is 0 Å². The molecule has 0 atom stereocenters. The molecule has 14 heavy (non-hydrogen) atoms. The molecule has 1 fully saturated rings. The molecule has 0 unspecified atom stereocenters. The lowest BCUT2D eigenvalue weighted by molar-refractivity contribution is -0.114. The third-order valence-electron chi connectivity index (χ3n) is 2.49. The molecule has 2 heteroatoms. The summed E-state index contributed by atoms with van der Waals surface area (Å²) in [6.45, 7) is 0. The number of carbonyl (C=O) groups is 1. The molecule has 2 rings (SSSR count). The van der Waals surface area contributed by atoms with Crippen LogP contribution < -0.4 is 5.73 Å². The van der Waals surface area contributed by atoms with Crippen LogP contribution in [0, 0.1) is 0 Å². The summed E-state index contributed by atoms with van der Waals surface area (Å²) in [5, 5.41) is 0. The Balaban J connectivity index is 2.24. The molecule has 1 saturated carbocycles. The third kappa shape index (κ3) is 1.84. The van der Waals surface area contributed by atoms with Crippen molar-refractivity contribution in [2.24, 2.45) is 0 Å². The summed E-state index contributed by atoms with van der Waals surface area (Å²) in [5.41, 5.74) is 8.34. The van der Waals surface area contributed by atoms with Gasteiger partial charge in [-0.15, -0.1) is 0 Å². The highest BCUT2D eigenvalue weighted by atomic mass is 16.1. The van der Waals surface area contributed by atoms with E-state index in [0.29, 0.717) is 12.2 Å². The van der Waals surface area contributed by atoms with Crippen molar-refractivity contribution in [3.8, 4) is 0 Å². The van der Waals surface area contributed by atoms with Gasteiger partial charge in [-0.1, -0.05) is 12.1 Å². The minimum Gasteiger partial charge on any atom is -0.399 e. The predicted molar refractivity (Wildman–Crippen MR) is 57.7 cm³/mol. The number of benzene rings is 1. The Morgan fingerprint density at radius 1 is 1.14 bits per heavy atom. The first-order valence-electron chi connectivity index (χ1n) is 4.85. The van der Waals surface area contributed by atoms with Crippen molar-refractivity contribution in [3.05, 3.63) is 35.4 Å². The van der Waals surface area contributed by atoms with Crippen molar-refractivity contribution >= 4 is 17.5 Å². The average Bonchev–Trinajstić information content (AvgIpc) is 2.56. The van der Waals surface area contributed by atoms with E-state index in [-0.39, 0.29) is 0 Å². The molecule has 0 aromatic heterocycles. The van der Waals surface area contributed by atoms with Crippen LogP contribution in [-0.2, 0) is 4.79 Å². The van der Waals surface area contributed by atoms with E-state index in [2.05, 4.69) is 0 Å². The van der Waals surface area contributed by atoms with Gasteiger partial charge in [0.15, 0.2) is 5.78 Å². The molecule has 0 radical (unpaired) electrons. The van der Waals surface area contributed by atoms with E-state index in [9.17, 15) is 4.79 Å². The van der Waals surface area contributed by atoms with Crippen molar-refractivity contribution in [3.63, 3.8) is 0 Å². The molecule has 0 saturated heterocycles. The SMILES string of the molecule is Nc1ccc(/C=C2/CCCC2=O)cc1. The Kier molecular flexibility index (Phi) is 2.35. The Bertz CT molecular complexity index is 376. The molecule has 72 valence electrons. The number of ketones is 1. The van der Waals surface area contributed by atoms with Gasteiger partial charge in [0.25, 0.3) is 0 Å². The number of hydrogen-bond donors (Lipinski definition) is 1. The van der Waals surface area contributed by atoms with Crippen LogP contribution in [0.1, 0.15) is 24.8 Å². The van der Waals surface area contributed by atoms with Gasteiger partial charge >= 0.3 is 0 Å². The number of nitrogens with two attached hydrogens (primary N) is 1. The van der Waals surface area contributed by atoms with Gasteiger partial charge in [-0.05, 0) is 42.2 Å². The second kappa shape index (κ2) is 3.66. The minimum atomic E-state index is 0.293. The standard InChI is InChI=1S/C12H13NO/c13-11-6-4-9(5-7-11)8-10-2-1-3-12(10)14/h4-8H,1-3,13H2/b10-8-. The Labute approximate surface area is 83.4 Å². The van der Waals surface area contributed by atoms with E-state index in [1.165, 1.54) is 0 Å². The normalized spacial score (nSPS) is 19.1. The van der Waals surface area contributed by atoms with Crippen molar-refractivity contribution in [2.45, 2.75) is 19.3 Å². The number of rotatable bonds is 1. The van der Waals surface area contributed by atoms with Gasteiger partial charge in [0, 0.05) is 12.1 Å². The van der Waals surface area contributed by atoms with Gasteiger partial charge in [0.1, 0.15) is 0 Å². The Morgan fingerprint density at radius 2 is 1.86 bits per heavy atom. The maximum absolute atomic E-state index is 11.4. The first kappa shape index (κ1) is 9.00. The van der Waals surface area contributed by atoms with E-state index < -0.39 is 0 Å². The van der Waals surface area contributed by atoms with Crippen molar-refractivity contribution in [2.75, 3.05) is 5.73 Å². The van der Waals surface area contributed by atoms with Crippen molar-refractivity contribution in [1.82, 2.24) is 0 Å². The molecule has 1 aromatic rings. The lowest BCUT2D eigenvalue weighted by Crippen LogP contribution is -1.91. The topological polar surface area (TPSA) is 43.1 Å². The average molecular weight is 187 g/mol.